The number of carbonyl (C=O) groups excluding carboxylic acids is 1. The van der Waals surface area contributed by atoms with E-state index in [4.69, 9.17) is 11.6 Å². The van der Waals surface area contributed by atoms with Gasteiger partial charge in [-0.1, -0.05) is 29.8 Å². The molecule has 0 unspecified atom stereocenters. The van der Waals surface area contributed by atoms with Gasteiger partial charge < -0.3 is 4.74 Å². The van der Waals surface area contributed by atoms with Gasteiger partial charge in [0.25, 0.3) is 0 Å². The van der Waals surface area contributed by atoms with Crippen molar-refractivity contribution in [3.63, 3.8) is 0 Å². The Kier molecular flexibility index (Phi) is 2.46. The van der Waals surface area contributed by atoms with Crippen LogP contribution in [0.15, 0.2) is 24.3 Å². The van der Waals surface area contributed by atoms with E-state index in [0.717, 1.165) is 17.0 Å². The molecule has 74 valence electrons. The Morgan fingerprint density at radius 3 is 2.86 bits per heavy atom. The second kappa shape index (κ2) is 3.62. The van der Waals surface area contributed by atoms with Crippen LogP contribution in [-0.2, 0) is 9.53 Å². The molecule has 2 rings (SSSR count). The first-order chi connectivity index (χ1) is 6.74. The number of hydrogen-bond acceptors (Lipinski definition) is 2. The lowest BCUT2D eigenvalue weighted by Gasteiger charge is -2.01. The van der Waals surface area contributed by atoms with Gasteiger partial charge in [-0.05, 0) is 24.0 Å². The maximum atomic E-state index is 11.2. The first-order valence-corrected chi connectivity index (χ1v) is 4.94. The molecule has 3 heteroatoms. The lowest BCUT2D eigenvalue weighted by Crippen LogP contribution is -2.03. The molecule has 14 heavy (non-hydrogen) atoms. The number of ether oxygens (including phenoxy) is 1. The molecule has 1 aromatic rings. The molecule has 0 bridgehead atoms. The molecule has 1 aromatic carbocycles. The summed E-state index contributed by atoms with van der Waals surface area (Å²) in [4.78, 5) is 11.2. The summed E-state index contributed by atoms with van der Waals surface area (Å²) in [5.74, 6) is 0.144. The summed E-state index contributed by atoms with van der Waals surface area (Å²) in [5, 5.41) is 0.740. The minimum Gasteiger partial charge on any atom is -0.469 e. The highest BCUT2D eigenvalue weighted by molar-refractivity contribution is 6.31. The number of rotatable bonds is 2. The quantitative estimate of drug-likeness (QED) is 0.702. The van der Waals surface area contributed by atoms with Crippen LogP contribution >= 0.6 is 11.6 Å². The zero-order chi connectivity index (χ0) is 10.1. The highest BCUT2D eigenvalue weighted by Gasteiger charge is 2.45. The lowest BCUT2D eigenvalue weighted by molar-refractivity contribution is -0.142. The van der Waals surface area contributed by atoms with Crippen molar-refractivity contribution in [1.29, 1.82) is 0 Å². The van der Waals surface area contributed by atoms with Crippen LogP contribution in [0, 0.1) is 5.92 Å². The van der Waals surface area contributed by atoms with Gasteiger partial charge in [0.1, 0.15) is 0 Å². The fraction of sp³-hybridized carbons (Fsp3) is 0.364. The van der Waals surface area contributed by atoms with Crippen LogP contribution in [0.25, 0.3) is 0 Å². The average molecular weight is 211 g/mol. The maximum Gasteiger partial charge on any atom is 0.309 e. The Bertz CT molecular complexity index is 362. The number of benzene rings is 1. The highest BCUT2D eigenvalue weighted by atomic mass is 35.5. The third-order valence-electron chi connectivity index (χ3n) is 2.60. The first-order valence-electron chi connectivity index (χ1n) is 4.56. The van der Waals surface area contributed by atoms with Gasteiger partial charge in [-0.3, -0.25) is 4.79 Å². The van der Waals surface area contributed by atoms with E-state index in [1.54, 1.807) is 0 Å². The van der Waals surface area contributed by atoms with Crippen molar-refractivity contribution in [2.45, 2.75) is 12.3 Å². The molecule has 0 aromatic heterocycles. The van der Waals surface area contributed by atoms with Crippen molar-refractivity contribution in [2.24, 2.45) is 5.92 Å². The van der Waals surface area contributed by atoms with E-state index < -0.39 is 0 Å². The summed E-state index contributed by atoms with van der Waals surface area (Å²) in [5.41, 5.74) is 1.06. The fourth-order valence-electron chi connectivity index (χ4n) is 1.73. The molecule has 2 atom stereocenters. The van der Waals surface area contributed by atoms with Gasteiger partial charge in [0.15, 0.2) is 0 Å². The smallest absolute Gasteiger partial charge is 0.309 e. The van der Waals surface area contributed by atoms with Crippen molar-refractivity contribution in [2.75, 3.05) is 7.11 Å². The molecule has 0 N–H and O–H groups in total. The van der Waals surface area contributed by atoms with Crippen LogP contribution in [-0.4, -0.2) is 13.1 Å². The van der Waals surface area contributed by atoms with Crippen molar-refractivity contribution < 1.29 is 9.53 Å². The molecule has 0 heterocycles. The summed E-state index contributed by atoms with van der Waals surface area (Å²) in [6.45, 7) is 0. The largest absolute Gasteiger partial charge is 0.469 e. The molecule has 0 amide bonds. The monoisotopic (exact) mass is 210 g/mol. The van der Waals surface area contributed by atoms with Gasteiger partial charge in [0.2, 0.25) is 0 Å². The second-order valence-electron chi connectivity index (χ2n) is 3.49. The van der Waals surface area contributed by atoms with Crippen LogP contribution in [0.1, 0.15) is 17.9 Å². The molecular weight excluding hydrogens is 200 g/mol. The van der Waals surface area contributed by atoms with Gasteiger partial charge in [-0.15, -0.1) is 0 Å². The van der Waals surface area contributed by atoms with Gasteiger partial charge in [-0.2, -0.15) is 0 Å². The number of methoxy groups -OCH3 is 1. The van der Waals surface area contributed by atoms with E-state index in [-0.39, 0.29) is 17.8 Å². The second-order valence-corrected chi connectivity index (χ2v) is 3.90. The molecule has 0 aliphatic heterocycles. The van der Waals surface area contributed by atoms with Crippen LogP contribution in [0.2, 0.25) is 5.02 Å². The Balaban J connectivity index is 2.13. The normalized spacial score (nSPS) is 24.4. The summed E-state index contributed by atoms with van der Waals surface area (Å²) < 4.78 is 4.68. The molecule has 1 fully saturated rings. The Morgan fingerprint density at radius 1 is 1.50 bits per heavy atom. The van der Waals surface area contributed by atoms with Crippen molar-refractivity contribution in [3.8, 4) is 0 Å². The van der Waals surface area contributed by atoms with Gasteiger partial charge in [0, 0.05) is 5.02 Å². The van der Waals surface area contributed by atoms with Gasteiger partial charge in [-0.25, -0.2) is 0 Å². The summed E-state index contributed by atoms with van der Waals surface area (Å²) in [7, 11) is 1.42. The Labute approximate surface area is 87.8 Å². The van der Waals surface area contributed by atoms with Crippen molar-refractivity contribution >= 4 is 17.6 Å². The zero-order valence-corrected chi connectivity index (χ0v) is 8.62. The van der Waals surface area contributed by atoms with E-state index >= 15 is 0 Å². The fourth-order valence-corrected chi connectivity index (χ4v) is 2.00. The van der Waals surface area contributed by atoms with Gasteiger partial charge in [0.05, 0.1) is 13.0 Å². The summed E-state index contributed by atoms with van der Waals surface area (Å²) in [6.07, 6.45) is 0.858. The topological polar surface area (TPSA) is 26.3 Å². The van der Waals surface area contributed by atoms with Crippen LogP contribution in [0.4, 0.5) is 0 Å². The molecule has 0 radical (unpaired) electrons. The molecule has 1 aliphatic carbocycles. The molecule has 1 aliphatic rings. The van der Waals surface area contributed by atoms with E-state index in [2.05, 4.69) is 4.74 Å². The standard InChI is InChI=1S/C11H11ClO2/c1-14-11(13)9-6-8(9)7-4-2-3-5-10(7)12/h2-5,8-9H,6H2,1H3/t8-,9+/m0/s1. The minimum atomic E-state index is -0.130. The van der Waals surface area contributed by atoms with E-state index in [0.29, 0.717) is 0 Å². The number of carbonyl (C=O) groups is 1. The molecule has 2 nitrogen and oxygen atoms in total. The predicted molar refractivity (Wildman–Crippen MR) is 54.3 cm³/mol. The summed E-state index contributed by atoms with van der Waals surface area (Å²) in [6, 6.07) is 7.65. The van der Waals surface area contributed by atoms with E-state index in [9.17, 15) is 4.79 Å². The number of esters is 1. The zero-order valence-electron chi connectivity index (χ0n) is 7.87. The third kappa shape index (κ3) is 1.62. The predicted octanol–water partition coefficient (Wildman–Crippen LogP) is 2.62. The first kappa shape index (κ1) is 9.53. The van der Waals surface area contributed by atoms with Crippen LogP contribution < -0.4 is 0 Å². The molecular formula is C11H11ClO2. The van der Waals surface area contributed by atoms with Crippen LogP contribution in [0.3, 0.4) is 0 Å². The number of halogens is 1. The van der Waals surface area contributed by atoms with Crippen molar-refractivity contribution in [3.05, 3.63) is 34.9 Å². The molecule has 0 saturated heterocycles. The van der Waals surface area contributed by atoms with E-state index in [1.165, 1.54) is 7.11 Å². The third-order valence-corrected chi connectivity index (χ3v) is 2.94. The highest BCUT2D eigenvalue weighted by Crippen LogP contribution is 2.49. The molecule has 0 spiro atoms. The van der Waals surface area contributed by atoms with Crippen molar-refractivity contribution in [1.82, 2.24) is 0 Å². The molecule has 1 saturated carbocycles. The van der Waals surface area contributed by atoms with Gasteiger partial charge >= 0.3 is 5.97 Å². The van der Waals surface area contributed by atoms with Crippen LogP contribution in [0.5, 0.6) is 0 Å². The lowest BCUT2D eigenvalue weighted by atomic mass is 10.1. The van der Waals surface area contributed by atoms with E-state index in [1.807, 2.05) is 24.3 Å². The minimum absolute atomic E-state index is 0.0138. The maximum absolute atomic E-state index is 11.2. The Hall–Kier alpha value is -1.02. The number of hydrogen-bond donors (Lipinski definition) is 0. The summed E-state index contributed by atoms with van der Waals surface area (Å²) >= 11 is 6.02. The Morgan fingerprint density at radius 2 is 2.21 bits per heavy atom. The SMILES string of the molecule is COC(=O)[C@@H]1C[C@H]1c1ccccc1Cl. The average Bonchev–Trinajstić information content (AvgIpc) is 2.97.